The van der Waals surface area contributed by atoms with Crippen LogP contribution < -0.4 is 25.3 Å². The molecule has 2 aromatic carbocycles. The van der Waals surface area contributed by atoms with Crippen LogP contribution in [0.3, 0.4) is 0 Å². The smallest absolute Gasteiger partial charge is 0.217 e. The zero-order chi connectivity index (χ0) is 18.3. The van der Waals surface area contributed by atoms with Gasteiger partial charge in [-0.15, -0.1) is 0 Å². The lowest BCUT2D eigenvalue weighted by Crippen LogP contribution is -2.28. The first-order valence-electron chi connectivity index (χ1n) is 8.24. The molecule has 7 nitrogen and oxygen atoms in total. The van der Waals surface area contributed by atoms with Gasteiger partial charge >= 0.3 is 0 Å². The number of nitrogens with one attached hydrogen (secondary N) is 1. The van der Waals surface area contributed by atoms with Crippen LogP contribution in [0.5, 0.6) is 17.2 Å². The lowest BCUT2D eigenvalue weighted by atomic mass is 9.86. The van der Waals surface area contributed by atoms with Crippen molar-refractivity contribution in [3.05, 3.63) is 47.5 Å². The van der Waals surface area contributed by atoms with Crippen LogP contribution in [-0.2, 0) is 0 Å². The summed E-state index contributed by atoms with van der Waals surface area (Å²) in [6, 6.07) is 11.6. The fourth-order valence-corrected chi connectivity index (χ4v) is 3.64. The Balaban J connectivity index is 1.89. The van der Waals surface area contributed by atoms with E-state index < -0.39 is 0 Å². The highest BCUT2D eigenvalue weighted by Gasteiger charge is 2.40. The van der Waals surface area contributed by atoms with Crippen molar-refractivity contribution in [1.29, 1.82) is 0 Å². The molecule has 2 aromatic rings. The predicted octanol–water partition coefficient (Wildman–Crippen LogP) is 2.69. The number of benzene rings is 2. The number of fused-ring (bicyclic) bond motifs is 3. The first-order valence-corrected chi connectivity index (χ1v) is 8.24. The monoisotopic (exact) mass is 352 g/mol. The summed E-state index contributed by atoms with van der Waals surface area (Å²) in [7, 11) is 4.78. The van der Waals surface area contributed by atoms with E-state index >= 15 is 0 Å². The third-order valence-corrected chi connectivity index (χ3v) is 4.73. The number of nitrogens with two attached hydrogens (primary N) is 1. The van der Waals surface area contributed by atoms with Crippen molar-refractivity contribution in [2.45, 2.75) is 12.0 Å². The lowest BCUT2D eigenvalue weighted by Gasteiger charge is -2.27. The Morgan fingerprint density at radius 3 is 2.42 bits per heavy atom. The van der Waals surface area contributed by atoms with E-state index in [9.17, 15) is 0 Å². The summed E-state index contributed by atoms with van der Waals surface area (Å²) in [5.41, 5.74) is 9.01. The number of nitrogens with zero attached hydrogens (tertiary/aromatic N) is 2. The molecule has 0 aliphatic carbocycles. The standard InChI is InChI=1S/C19H20N4O3/c1-24-13-9-8-11(16(25-2)17(13)26-3)15-14-10-6-4-5-7-12(10)21-18(14)23-19(20)22-15/h4-9,14-15H,1-3H3,(H3,20,21,22,23)/t14-,15+/m1/s1. The van der Waals surface area contributed by atoms with Crippen LogP contribution in [0.15, 0.2) is 46.4 Å². The molecule has 2 aliphatic rings. The van der Waals surface area contributed by atoms with Crippen LogP contribution in [-0.4, -0.2) is 33.1 Å². The molecule has 0 radical (unpaired) electrons. The largest absolute Gasteiger partial charge is 0.493 e. The van der Waals surface area contributed by atoms with Gasteiger partial charge in [0.05, 0.1) is 33.3 Å². The van der Waals surface area contributed by atoms with Gasteiger partial charge in [0, 0.05) is 11.3 Å². The number of para-hydroxylation sites is 1. The Morgan fingerprint density at radius 1 is 0.923 bits per heavy atom. The highest BCUT2D eigenvalue weighted by molar-refractivity contribution is 6.13. The lowest BCUT2D eigenvalue weighted by molar-refractivity contribution is 0.320. The van der Waals surface area contributed by atoms with Crippen molar-refractivity contribution in [1.82, 2.24) is 0 Å². The van der Waals surface area contributed by atoms with Crippen molar-refractivity contribution in [2.75, 3.05) is 26.6 Å². The molecule has 3 N–H and O–H groups in total. The maximum Gasteiger partial charge on any atom is 0.217 e. The number of anilines is 1. The van der Waals surface area contributed by atoms with Gasteiger partial charge < -0.3 is 25.3 Å². The minimum atomic E-state index is -0.284. The molecule has 2 aliphatic heterocycles. The normalized spacial score (nSPS) is 20.3. The van der Waals surface area contributed by atoms with Gasteiger partial charge in [-0.05, 0) is 23.8 Å². The second kappa shape index (κ2) is 6.25. The van der Waals surface area contributed by atoms with E-state index in [1.54, 1.807) is 21.3 Å². The maximum atomic E-state index is 6.00. The first-order chi connectivity index (χ1) is 12.7. The summed E-state index contributed by atoms with van der Waals surface area (Å²) in [6.07, 6.45) is 0. The number of ether oxygens (including phenoxy) is 3. The van der Waals surface area contributed by atoms with Crippen LogP contribution in [0.2, 0.25) is 0 Å². The molecule has 4 rings (SSSR count). The summed E-state index contributed by atoms with van der Waals surface area (Å²) in [4.78, 5) is 9.03. The quantitative estimate of drug-likeness (QED) is 0.883. The van der Waals surface area contributed by atoms with E-state index in [4.69, 9.17) is 19.9 Å². The molecule has 26 heavy (non-hydrogen) atoms. The highest BCUT2D eigenvalue weighted by atomic mass is 16.5. The molecule has 0 unspecified atom stereocenters. The summed E-state index contributed by atoms with van der Waals surface area (Å²) in [6.45, 7) is 0. The Morgan fingerprint density at radius 2 is 1.69 bits per heavy atom. The summed E-state index contributed by atoms with van der Waals surface area (Å²) in [5, 5.41) is 3.35. The molecule has 0 saturated carbocycles. The van der Waals surface area contributed by atoms with E-state index in [1.165, 1.54) is 0 Å². The molecular weight excluding hydrogens is 332 g/mol. The highest BCUT2D eigenvalue weighted by Crippen LogP contribution is 2.50. The second-order valence-electron chi connectivity index (χ2n) is 6.04. The van der Waals surface area contributed by atoms with E-state index in [1.807, 2.05) is 30.3 Å². The van der Waals surface area contributed by atoms with Gasteiger partial charge in [-0.3, -0.25) is 0 Å². The Kier molecular flexibility index (Phi) is 3.91. The van der Waals surface area contributed by atoms with Crippen molar-refractivity contribution in [2.24, 2.45) is 15.7 Å². The molecule has 0 spiro atoms. The van der Waals surface area contributed by atoms with Gasteiger partial charge in [0.1, 0.15) is 5.84 Å². The average Bonchev–Trinajstić information content (AvgIpc) is 3.03. The van der Waals surface area contributed by atoms with E-state index in [0.717, 1.165) is 22.6 Å². The van der Waals surface area contributed by atoms with E-state index in [2.05, 4.69) is 21.4 Å². The molecule has 0 saturated heterocycles. The van der Waals surface area contributed by atoms with Gasteiger partial charge in [-0.2, -0.15) is 4.99 Å². The first kappa shape index (κ1) is 16.3. The molecule has 7 heteroatoms. The van der Waals surface area contributed by atoms with Gasteiger partial charge in [-0.25, -0.2) is 4.99 Å². The zero-order valence-corrected chi connectivity index (χ0v) is 14.8. The number of rotatable bonds is 4. The molecule has 0 amide bonds. The molecular formula is C19H20N4O3. The van der Waals surface area contributed by atoms with Crippen molar-refractivity contribution < 1.29 is 14.2 Å². The van der Waals surface area contributed by atoms with Crippen LogP contribution in [0.1, 0.15) is 23.1 Å². The number of hydrogen-bond donors (Lipinski definition) is 2. The number of aliphatic imine (C=N–C) groups is 2. The summed E-state index contributed by atoms with van der Waals surface area (Å²) in [5.74, 6) is 2.67. The van der Waals surface area contributed by atoms with Gasteiger partial charge in [0.15, 0.2) is 11.5 Å². The molecule has 2 heterocycles. The third-order valence-electron chi connectivity index (χ3n) is 4.73. The maximum absolute atomic E-state index is 6.00. The van der Waals surface area contributed by atoms with E-state index in [-0.39, 0.29) is 17.9 Å². The molecule has 0 bridgehead atoms. The summed E-state index contributed by atoms with van der Waals surface area (Å²) < 4.78 is 16.6. The Labute approximate surface area is 151 Å². The van der Waals surface area contributed by atoms with Crippen LogP contribution in [0.4, 0.5) is 5.69 Å². The number of methoxy groups -OCH3 is 3. The van der Waals surface area contributed by atoms with Gasteiger partial charge in [-0.1, -0.05) is 18.2 Å². The van der Waals surface area contributed by atoms with Gasteiger partial charge in [0.2, 0.25) is 11.7 Å². The van der Waals surface area contributed by atoms with Crippen molar-refractivity contribution in [3.63, 3.8) is 0 Å². The van der Waals surface area contributed by atoms with Crippen molar-refractivity contribution in [3.8, 4) is 17.2 Å². The molecule has 2 atom stereocenters. The minimum Gasteiger partial charge on any atom is -0.493 e. The SMILES string of the molecule is COc1ccc([C@@H]2N=C(N)N=C3Nc4ccccc4[C@@H]32)c(OC)c1OC. The number of amidine groups is 1. The Bertz CT molecular complexity index is 923. The predicted molar refractivity (Wildman–Crippen MR) is 101 cm³/mol. The number of hydrogen-bond acceptors (Lipinski definition) is 7. The van der Waals surface area contributed by atoms with Crippen molar-refractivity contribution >= 4 is 17.5 Å². The van der Waals surface area contributed by atoms with Crippen LogP contribution in [0.25, 0.3) is 0 Å². The summed E-state index contributed by atoms with van der Waals surface area (Å²) >= 11 is 0. The topological polar surface area (TPSA) is 90.5 Å². The van der Waals surface area contributed by atoms with Gasteiger partial charge in [0.25, 0.3) is 0 Å². The fourth-order valence-electron chi connectivity index (χ4n) is 3.64. The third kappa shape index (κ3) is 2.35. The van der Waals surface area contributed by atoms with Crippen LogP contribution in [0, 0.1) is 0 Å². The zero-order valence-electron chi connectivity index (χ0n) is 14.8. The molecule has 134 valence electrons. The minimum absolute atomic E-state index is 0.0644. The van der Waals surface area contributed by atoms with E-state index in [0.29, 0.717) is 17.2 Å². The molecule has 0 aromatic heterocycles. The van der Waals surface area contributed by atoms with Crippen LogP contribution >= 0.6 is 0 Å². The number of guanidine groups is 1. The Hall–Kier alpha value is -3.22. The average molecular weight is 352 g/mol. The second-order valence-corrected chi connectivity index (χ2v) is 6.04. The fraction of sp³-hybridized carbons (Fsp3) is 0.263. The molecule has 0 fully saturated rings.